The minimum atomic E-state index is 1.12. The summed E-state index contributed by atoms with van der Waals surface area (Å²) >= 11 is 0. The molecule has 0 saturated carbocycles. The first-order chi connectivity index (χ1) is 27.3. The molecular formula is C52H35N3. The van der Waals surface area contributed by atoms with Gasteiger partial charge < -0.3 is 14.8 Å². The van der Waals surface area contributed by atoms with Crippen molar-refractivity contribution in [3.63, 3.8) is 0 Å². The van der Waals surface area contributed by atoms with E-state index in [-0.39, 0.29) is 0 Å². The fraction of sp³-hybridized carbons (Fsp3) is 0. The molecule has 0 radical (unpaired) electrons. The number of nitrogens with one attached hydrogen (secondary N) is 1. The molecule has 0 spiro atoms. The van der Waals surface area contributed by atoms with Crippen LogP contribution in [0.5, 0.6) is 0 Å². The molecule has 10 aromatic rings. The second-order valence-corrected chi connectivity index (χ2v) is 14.3. The summed E-state index contributed by atoms with van der Waals surface area (Å²) < 4.78 is 0. The molecule has 1 aromatic heterocycles. The molecule has 3 nitrogen and oxygen atoms in total. The lowest BCUT2D eigenvalue weighted by atomic mass is 9.97. The number of aromatic amines is 1. The third-order valence-electron chi connectivity index (χ3n) is 11.1. The maximum Gasteiger partial charge on any atom is 0.0551 e. The second kappa shape index (κ2) is 12.6. The van der Waals surface area contributed by atoms with Gasteiger partial charge in [0.15, 0.2) is 0 Å². The van der Waals surface area contributed by atoms with Crippen LogP contribution in [-0.4, -0.2) is 4.98 Å². The number of hydrogen-bond acceptors (Lipinski definition) is 2. The van der Waals surface area contributed by atoms with Gasteiger partial charge in [-0.1, -0.05) is 127 Å². The molecule has 0 bridgehead atoms. The maximum absolute atomic E-state index is 3.83. The number of anilines is 6. The van der Waals surface area contributed by atoms with E-state index in [9.17, 15) is 0 Å². The Balaban J connectivity index is 1.03. The minimum Gasteiger partial charge on any atom is -0.354 e. The van der Waals surface area contributed by atoms with Crippen LogP contribution >= 0.6 is 0 Å². The van der Waals surface area contributed by atoms with Gasteiger partial charge in [-0.3, -0.25) is 0 Å². The van der Waals surface area contributed by atoms with Crippen molar-refractivity contribution in [1.82, 2.24) is 4.98 Å². The molecule has 258 valence electrons. The Labute approximate surface area is 320 Å². The highest BCUT2D eigenvalue weighted by atomic mass is 15.1. The number of fused-ring (bicyclic) bond motifs is 6. The smallest absolute Gasteiger partial charge is 0.0551 e. The molecule has 0 amide bonds. The summed E-state index contributed by atoms with van der Waals surface area (Å²) in [5.74, 6) is 0. The van der Waals surface area contributed by atoms with Crippen LogP contribution in [0.1, 0.15) is 0 Å². The van der Waals surface area contributed by atoms with Crippen molar-refractivity contribution in [2.45, 2.75) is 0 Å². The molecule has 1 aliphatic rings. The Morgan fingerprint density at radius 2 is 0.927 bits per heavy atom. The molecule has 1 heterocycles. The number of benzene rings is 9. The zero-order valence-electron chi connectivity index (χ0n) is 30.0. The summed E-state index contributed by atoms with van der Waals surface area (Å²) in [6, 6.07) is 74.4. The van der Waals surface area contributed by atoms with Gasteiger partial charge in [0.25, 0.3) is 0 Å². The standard InChI is InChI=1S/C52H35N3/c1-4-17-39(18-5-1)54(40-19-6-2-7-20-40)43-32-38-16-12-24-45-50(38)47(34-43)51-46-33-37(28-31-48(46)53-52(45)51)35-26-29-42(30-27-35)55(41-21-8-3-9-22-41)49-25-13-15-36-14-10-11-23-44(36)49/h1-34,53H. The number of para-hydroxylation sites is 3. The summed E-state index contributed by atoms with van der Waals surface area (Å²) in [7, 11) is 0. The summed E-state index contributed by atoms with van der Waals surface area (Å²) in [6.07, 6.45) is 0. The molecular weight excluding hydrogens is 667 g/mol. The monoisotopic (exact) mass is 701 g/mol. The zero-order valence-corrected chi connectivity index (χ0v) is 30.0. The first-order valence-corrected chi connectivity index (χ1v) is 18.9. The fourth-order valence-electron chi connectivity index (χ4n) is 8.61. The van der Waals surface area contributed by atoms with Crippen LogP contribution in [0.4, 0.5) is 34.1 Å². The molecule has 1 N–H and O–H groups in total. The van der Waals surface area contributed by atoms with Gasteiger partial charge in [-0.15, -0.1) is 0 Å². The predicted molar refractivity (Wildman–Crippen MR) is 233 cm³/mol. The Hall–Kier alpha value is -7.36. The molecule has 9 aromatic carbocycles. The van der Waals surface area contributed by atoms with Crippen LogP contribution in [-0.2, 0) is 0 Å². The number of hydrogen-bond donors (Lipinski definition) is 1. The Morgan fingerprint density at radius 1 is 0.345 bits per heavy atom. The van der Waals surface area contributed by atoms with Crippen molar-refractivity contribution in [1.29, 1.82) is 0 Å². The Kier molecular flexibility index (Phi) is 7.17. The van der Waals surface area contributed by atoms with Crippen molar-refractivity contribution >= 4 is 66.6 Å². The van der Waals surface area contributed by atoms with E-state index in [1.165, 1.54) is 60.4 Å². The highest BCUT2D eigenvalue weighted by Crippen LogP contribution is 2.53. The van der Waals surface area contributed by atoms with Crippen LogP contribution in [0.15, 0.2) is 206 Å². The Bertz CT molecular complexity index is 2980. The first-order valence-electron chi connectivity index (χ1n) is 18.9. The second-order valence-electron chi connectivity index (χ2n) is 14.3. The third-order valence-corrected chi connectivity index (χ3v) is 11.1. The van der Waals surface area contributed by atoms with Crippen LogP contribution in [0.25, 0.3) is 66.0 Å². The lowest BCUT2D eigenvalue weighted by molar-refractivity contribution is 1.29. The summed E-state index contributed by atoms with van der Waals surface area (Å²) in [4.78, 5) is 8.55. The first kappa shape index (κ1) is 31.2. The van der Waals surface area contributed by atoms with Gasteiger partial charge in [0.1, 0.15) is 0 Å². The van der Waals surface area contributed by atoms with Gasteiger partial charge in [0.2, 0.25) is 0 Å². The SMILES string of the molecule is c1ccc(N(c2ccccc2)c2cc3c4c(cccc4c2)-c2[nH]c4ccc(-c5ccc(N(c6ccccc6)c6cccc7ccccc67)cc5)cc4c2-3)cc1. The van der Waals surface area contributed by atoms with E-state index in [2.05, 4.69) is 221 Å². The molecule has 11 rings (SSSR count). The molecule has 0 saturated heterocycles. The van der Waals surface area contributed by atoms with E-state index >= 15 is 0 Å². The van der Waals surface area contributed by atoms with Gasteiger partial charge in [-0.05, 0) is 112 Å². The fourth-order valence-corrected chi connectivity index (χ4v) is 8.61. The molecule has 0 atom stereocenters. The quantitative estimate of drug-likeness (QED) is 0.179. The average molecular weight is 702 g/mol. The topological polar surface area (TPSA) is 22.3 Å². The van der Waals surface area contributed by atoms with Crippen LogP contribution in [0.3, 0.4) is 0 Å². The van der Waals surface area contributed by atoms with E-state index in [0.717, 1.165) is 39.6 Å². The Morgan fingerprint density at radius 3 is 1.65 bits per heavy atom. The van der Waals surface area contributed by atoms with Crippen LogP contribution in [0.2, 0.25) is 0 Å². The maximum atomic E-state index is 3.83. The van der Waals surface area contributed by atoms with E-state index in [4.69, 9.17) is 0 Å². The normalized spacial score (nSPS) is 11.6. The van der Waals surface area contributed by atoms with Crippen molar-refractivity contribution in [3.05, 3.63) is 206 Å². The molecule has 55 heavy (non-hydrogen) atoms. The van der Waals surface area contributed by atoms with Gasteiger partial charge in [0, 0.05) is 55.9 Å². The highest BCUT2D eigenvalue weighted by molar-refractivity contribution is 6.22. The van der Waals surface area contributed by atoms with Gasteiger partial charge in [0.05, 0.1) is 11.4 Å². The highest BCUT2D eigenvalue weighted by Gasteiger charge is 2.28. The van der Waals surface area contributed by atoms with E-state index in [1.54, 1.807) is 0 Å². The van der Waals surface area contributed by atoms with Crippen molar-refractivity contribution < 1.29 is 0 Å². The van der Waals surface area contributed by atoms with E-state index in [0.29, 0.717) is 0 Å². The van der Waals surface area contributed by atoms with Crippen LogP contribution in [0, 0.1) is 0 Å². The summed E-state index contributed by atoms with van der Waals surface area (Å²) in [5, 5.41) is 6.22. The summed E-state index contributed by atoms with van der Waals surface area (Å²) in [5.41, 5.74) is 15.3. The summed E-state index contributed by atoms with van der Waals surface area (Å²) in [6.45, 7) is 0. The van der Waals surface area contributed by atoms with Crippen LogP contribution < -0.4 is 9.80 Å². The van der Waals surface area contributed by atoms with E-state index < -0.39 is 0 Å². The minimum absolute atomic E-state index is 1.12. The molecule has 0 fully saturated rings. The predicted octanol–water partition coefficient (Wildman–Crippen LogP) is 14.7. The number of nitrogens with zero attached hydrogens (tertiary/aromatic N) is 2. The molecule has 3 heteroatoms. The van der Waals surface area contributed by atoms with Gasteiger partial charge in [-0.2, -0.15) is 0 Å². The lowest BCUT2D eigenvalue weighted by Gasteiger charge is -2.27. The third kappa shape index (κ3) is 5.13. The number of aromatic nitrogens is 1. The lowest BCUT2D eigenvalue weighted by Crippen LogP contribution is -2.10. The van der Waals surface area contributed by atoms with Crippen molar-refractivity contribution in [2.24, 2.45) is 0 Å². The molecule has 0 unspecified atom stereocenters. The van der Waals surface area contributed by atoms with Crippen molar-refractivity contribution in [2.75, 3.05) is 9.80 Å². The average Bonchev–Trinajstić information content (AvgIpc) is 3.78. The molecule has 0 aliphatic heterocycles. The van der Waals surface area contributed by atoms with Crippen molar-refractivity contribution in [3.8, 4) is 33.5 Å². The van der Waals surface area contributed by atoms with E-state index in [1.807, 2.05) is 0 Å². The largest absolute Gasteiger partial charge is 0.354 e. The molecule has 1 aliphatic carbocycles. The zero-order chi connectivity index (χ0) is 36.3. The number of H-pyrrole nitrogens is 1. The number of rotatable bonds is 7. The van der Waals surface area contributed by atoms with Gasteiger partial charge >= 0.3 is 0 Å². The van der Waals surface area contributed by atoms with Gasteiger partial charge in [-0.25, -0.2) is 0 Å².